The van der Waals surface area contributed by atoms with Crippen LogP contribution in [0.25, 0.3) is 11.3 Å². The minimum Gasteiger partial charge on any atom is -0.325 e. The summed E-state index contributed by atoms with van der Waals surface area (Å²) in [5, 5.41) is 9.33. The second-order valence-corrected chi connectivity index (χ2v) is 7.48. The number of benzene rings is 1. The molecule has 140 valence electrons. The second kappa shape index (κ2) is 8.45. The van der Waals surface area contributed by atoms with Crippen LogP contribution in [0.5, 0.6) is 0 Å². The van der Waals surface area contributed by atoms with Crippen molar-refractivity contribution in [2.45, 2.75) is 31.8 Å². The van der Waals surface area contributed by atoms with Gasteiger partial charge >= 0.3 is 0 Å². The molecule has 1 N–H and O–H groups in total. The van der Waals surface area contributed by atoms with Crippen molar-refractivity contribution >= 4 is 22.9 Å². The zero-order valence-electron chi connectivity index (χ0n) is 15.1. The standard InChI is InChI=1S/C20H23N5OS/c26-20(23-17-7-5-16(6-8-17)18-14-27-15-21-18)19-4-1-10-24(19)11-3-13-25-12-2-9-22-25/h2,5-9,12,14-15,19H,1,3-4,10-11,13H2,(H,23,26)/t19-/m1/s1. The lowest BCUT2D eigenvalue weighted by molar-refractivity contribution is -0.120. The van der Waals surface area contributed by atoms with Crippen LogP contribution in [0.4, 0.5) is 5.69 Å². The molecular weight excluding hydrogens is 358 g/mol. The molecule has 3 heterocycles. The van der Waals surface area contributed by atoms with E-state index in [-0.39, 0.29) is 11.9 Å². The van der Waals surface area contributed by atoms with Gasteiger partial charge in [0.25, 0.3) is 0 Å². The lowest BCUT2D eigenvalue weighted by Crippen LogP contribution is -2.40. The first-order chi connectivity index (χ1) is 13.3. The average Bonchev–Trinajstić information content (AvgIpc) is 3.45. The number of nitrogens with zero attached hydrogens (tertiary/aromatic N) is 4. The number of likely N-dealkylation sites (tertiary alicyclic amines) is 1. The highest BCUT2D eigenvalue weighted by Gasteiger charge is 2.30. The SMILES string of the molecule is O=C(Nc1ccc(-c2cscn2)cc1)[C@H]1CCCN1CCCn1cccn1. The molecule has 27 heavy (non-hydrogen) atoms. The minimum atomic E-state index is -0.0409. The highest BCUT2D eigenvalue weighted by molar-refractivity contribution is 7.07. The quantitative estimate of drug-likeness (QED) is 0.680. The van der Waals surface area contributed by atoms with Crippen LogP contribution in [0.2, 0.25) is 0 Å². The van der Waals surface area contributed by atoms with E-state index in [4.69, 9.17) is 0 Å². The molecule has 1 aliphatic heterocycles. The molecule has 1 saturated heterocycles. The molecule has 1 amide bonds. The topological polar surface area (TPSA) is 63.1 Å². The Kier molecular flexibility index (Phi) is 5.60. The minimum absolute atomic E-state index is 0.0409. The van der Waals surface area contributed by atoms with Crippen molar-refractivity contribution < 1.29 is 4.79 Å². The molecule has 0 aliphatic carbocycles. The Labute approximate surface area is 162 Å². The molecule has 2 aromatic heterocycles. The molecule has 4 rings (SSSR count). The monoisotopic (exact) mass is 381 g/mol. The van der Waals surface area contributed by atoms with Crippen molar-refractivity contribution in [3.63, 3.8) is 0 Å². The fourth-order valence-corrected chi connectivity index (χ4v) is 4.13. The first kappa shape index (κ1) is 17.9. The Bertz CT molecular complexity index is 845. The molecule has 1 aliphatic rings. The largest absolute Gasteiger partial charge is 0.325 e. The number of hydrogen-bond acceptors (Lipinski definition) is 5. The number of nitrogens with one attached hydrogen (secondary N) is 1. The molecule has 1 aromatic carbocycles. The number of hydrogen-bond donors (Lipinski definition) is 1. The van der Waals surface area contributed by atoms with E-state index >= 15 is 0 Å². The third-order valence-electron chi connectivity index (χ3n) is 4.94. The Morgan fingerprint density at radius 2 is 2.15 bits per heavy atom. The fraction of sp³-hybridized carbons (Fsp3) is 0.350. The van der Waals surface area contributed by atoms with E-state index in [2.05, 4.69) is 20.3 Å². The first-order valence-corrected chi connectivity index (χ1v) is 10.2. The van der Waals surface area contributed by atoms with E-state index in [1.807, 2.05) is 52.1 Å². The van der Waals surface area contributed by atoms with Gasteiger partial charge in [0.1, 0.15) is 0 Å². The summed E-state index contributed by atoms with van der Waals surface area (Å²) in [6.45, 7) is 2.79. The zero-order chi connectivity index (χ0) is 18.5. The van der Waals surface area contributed by atoms with Crippen molar-refractivity contribution in [1.82, 2.24) is 19.7 Å². The van der Waals surface area contributed by atoms with E-state index in [1.54, 1.807) is 17.5 Å². The molecule has 3 aromatic rings. The summed E-state index contributed by atoms with van der Waals surface area (Å²) in [5.74, 6) is 0.0907. The van der Waals surface area contributed by atoms with Gasteiger partial charge in [-0.1, -0.05) is 12.1 Å². The van der Waals surface area contributed by atoms with Gasteiger partial charge in [-0.2, -0.15) is 5.10 Å². The molecule has 1 fully saturated rings. The molecular formula is C20H23N5OS. The molecule has 6 nitrogen and oxygen atoms in total. The number of aryl methyl sites for hydroxylation is 1. The highest BCUT2D eigenvalue weighted by Crippen LogP contribution is 2.23. The van der Waals surface area contributed by atoms with Gasteiger partial charge in [-0.15, -0.1) is 11.3 Å². The van der Waals surface area contributed by atoms with Gasteiger partial charge in [0, 0.05) is 42.1 Å². The summed E-state index contributed by atoms with van der Waals surface area (Å²) in [6.07, 6.45) is 6.76. The van der Waals surface area contributed by atoms with Gasteiger partial charge in [-0.25, -0.2) is 4.98 Å². The summed E-state index contributed by atoms with van der Waals surface area (Å²) in [5.41, 5.74) is 4.70. The van der Waals surface area contributed by atoms with Crippen molar-refractivity contribution in [1.29, 1.82) is 0 Å². The molecule has 7 heteroatoms. The van der Waals surface area contributed by atoms with Crippen LogP contribution in [0.1, 0.15) is 19.3 Å². The number of thiazole rings is 1. The van der Waals surface area contributed by atoms with E-state index in [0.29, 0.717) is 0 Å². The summed E-state index contributed by atoms with van der Waals surface area (Å²) >= 11 is 1.58. The van der Waals surface area contributed by atoms with E-state index in [9.17, 15) is 4.79 Å². The van der Waals surface area contributed by atoms with E-state index < -0.39 is 0 Å². The van der Waals surface area contributed by atoms with Crippen LogP contribution in [-0.4, -0.2) is 44.7 Å². The average molecular weight is 382 g/mol. The summed E-state index contributed by atoms with van der Waals surface area (Å²) in [6, 6.07) is 9.79. The molecule has 0 radical (unpaired) electrons. The third kappa shape index (κ3) is 4.43. The number of anilines is 1. The number of carbonyl (C=O) groups excluding carboxylic acids is 1. The number of carbonyl (C=O) groups is 1. The van der Waals surface area contributed by atoms with Crippen LogP contribution < -0.4 is 5.32 Å². The van der Waals surface area contributed by atoms with Gasteiger partial charge in [0.05, 0.1) is 17.2 Å². The van der Waals surface area contributed by atoms with Gasteiger partial charge in [-0.05, 0) is 44.0 Å². The van der Waals surface area contributed by atoms with Crippen LogP contribution in [0.15, 0.2) is 53.6 Å². The maximum absolute atomic E-state index is 12.7. The summed E-state index contributed by atoms with van der Waals surface area (Å²) < 4.78 is 1.94. The van der Waals surface area contributed by atoms with Crippen molar-refractivity contribution in [2.75, 3.05) is 18.4 Å². The molecule has 0 bridgehead atoms. The van der Waals surface area contributed by atoms with Crippen molar-refractivity contribution in [3.8, 4) is 11.3 Å². The van der Waals surface area contributed by atoms with Crippen molar-refractivity contribution in [2.24, 2.45) is 0 Å². The van der Waals surface area contributed by atoms with Crippen LogP contribution in [0.3, 0.4) is 0 Å². The fourth-order valence-electron chi connectivity index (χ4n) is 3.56. The molecule has 0 spiro atoms. The Morgan fingerprint density at radius 1 is 1.26 bits per heavy atom. The van der Waals surface area contributed by atoms with Gasteiger partial charge in [0.2, 0.25) is 5.91 Å². The lowest BCUT2D eigenvalue weighted by Gasteiger charge is -2.23. The van der Waals surface area contributed by atoms with Crippen molar-refractivity contribution in [3.05, 3.63) is 53.6 Å². The van der Waals surface area contributed by atoms with Crippen LogP contribution >= 0.6 is 11.3 Å². The number of aromatic nitrogens is 3. The van der Waals surface area contributed by atoms with E-state index in [1.165, 1.54) is 0 Å². The lowest BCUT2D eigenvalue weighted by atomic mass is 10.1. The Balaban J connectivity index is 1.31. The predicted molar refractivity (Wildman–Crippen MR) is 108 cm³/mol. The smallest absolute Gasteiger partial charge is 0.241 e. The first-order valence-electron chi connectivity index (χ1n) is 9.30. The van der Waals surface area contributed by atoms with Gasteiger partial charge < -0.3 is 5.32 Å². The third-order valence-corrected chi connectivity index (χ3v) is 5.53. The molecule has 0 unspecified atom stereocenters. The second-order valence-electron chi connectivity index (χ2n) is 6.76. The summed E-state index contributed by atoms with van der Waals surface area (Å²) in [4.78, 5) is 19.4. The van der Waals surface area contributed by atoms with Crippen LogP contribution in [-0.2, 0) is 11.3 Å². The summed E-state index contributed by atoms with van der Waals surface area (Å²) in [7, 11) is 0. The van der Waals surface area contributed by atoms with Gasteiger partial charge in [-0.3, -0.25) is 14.4 Å². The molecule has 0 saturated carbocycles. The maximum atomic E-state index is 12.7. The maximum Gasteiger partial charge on any atom is 0.241 e. The van der Waals surface area contributed by atoms with E-state index in [0.717, 1.165) is 55.8 Å². The van der Waals surface area contributed by atoms with Crippen LogP contribution in [0, 0.1) is 0 Å². The number of rotatable bonds is 7. The predicted octanol–water partition coefficient (Wildman–Crippen LogP) is 3.50. The molecule has 1 atom stereocenters. The number of amides is 1. The Morgan fingerprint density at radius 3 is 2.89 bits per heavy atom. The normalized spacial score (nSPS) is 17.3. The zero-order valence-corrected chi connectivity index (χ0v) is 15.9. The van der Waals surface area contributed by atoms with Gasteiger partial charge in [0.15, 0.2) is 0 Å². The highest BCUT2D eigenvalue weighted by atomic mass is 32.1. The Hall–Kier alpha value is -2.51.